The zero-order chi connectivity index (χ0) is 12.8. The first-order chi connectivity index (χ1) is 8.74. The Kier molecular flexibility index (Phi) is 4.22. The molecule has 0 aromatic heterocycles. The van der Waals surface area contributed by atoms with Gasteiger partial charge >= 0.3 is 0 Å². The molecule has 1 saturated heterocycles. The Labute approximate surface area is 109 Å². The molecule has 0 spiro atoms. The molecule has 0 aliphatic carbocycles. The van der Waals surface area contributed by atoms with Crippen molar-refractivity contribution in [3.63, 3.8) is 0 Å². The minimum absolute atomic E-state index is 0.373. The lowest BCUT2D eigenvalue weighted by Gasteiger charge is -2.31. The van der Waals surface area contributed by atoms with E-state index in [0.717, 1.165) is 31.6 Å². The van der Waals surface area contributed by atoms with Gasteiger partial charge in [-0.3, -0.25) is 5.32 Å². The molecule has 0 radical (unpaired) electrons. The van der Waals surface area contributed by atoms with Crippen LogP contribution < -0.4 is 10.1 Å². The number of benzene rings is 1. The van der Waals surface area contributed by atoms with Crippen molar-refractivity contribution in [1.82, 2.24) is 5.32 Å². The molecule has 1 aromatic carbocycles. The van der Waals surface area contributed by atoms with Crippen molar-refractivity contribution in [2.45, 2.75) is 38.1 Å². The van der Waals surface area contributed by atoms with Crippen LogP contribution in [0, 0.1) is 18.3 Å². The second-order valence-electron chi connectivity index (χ2n) is 4.99. The van der Waals surface area contributed by atoms with Gasteiger partial charge < -0.3 is 4.74 Å². The number of ether oxygens (including phenoxy) is 1. The zero-order valence-electron chi connectivity index (χ0n) is 10.9. The molecule has 1 aliphatic heterocycles. The minimum atomic E-state index is -0.373. The van der Waals surface area contributed by atoms with E-state index in [1.165, 1.54) is 12.0 Å². The summed E-state index contributed by atoms with van der Waals surface area (Å²) >= 11 is 0. The lowest BCUT2D eigenvalue weighted by Crippen LogP contribution is -2.48. The monoisotopic (exact) mass is 244 g/mol. The minimum Gasteiger partial charge on any atom is -0.493 e. The van der Waals surface area contributed by atoms with Crippen molar-refractivity contribution in [2.75, 3.05) is 13.2 Å². The van der Waals surface area contributed by atoms with Gasteiger partial charge in [-0.05, 0) is 50.4 Å². The Hall–Kier alpha value is -1.53. The van der Waals surface area contributed by atoms with Crippen LogP contribution in [-0.4, -0.2) is 18.7 Å². The number of piperidine rings is 1. The maximum atomic E-state index is 9.31. The van der Waals surface area contributed by atoms with Gasteiger partial charge in [0.2, 0.25) is 0 Å². The Bertz CT molecular complexity index is 430. The summed E-state index contributed by atoms with van der Waals surface area (Å²) < 4.78 is 5.73. The maximum absolute atomic E-state index is 9.31. The molecule has 1 fully saturated rings. The van der Waals surface area contributed by atoms with Crippen LogP contribution in [0.4, 0.5) is 0 Å². The molecular formula is C15H20N2O. The molecule has 96 valence electrons. The number of nitrogens with zero attached hydrogens (tertiary/aromatic N) is 1. The number of nitrogens with one attached hydrogen (secondary N) is 1. The number of rotatable bonds is 4. The van der Waals surface area contributed by atoms with Crippen LogP contribution in [0.1, 0.15) is 31.2 Å². The molecule has 1 heterocycles. The third kappa shape index (κ3) is 3.24. The van der Waals surface area contributed by atoms with Gasteiger partial charge in [0.05, 0.1) is 12.7 Å². The van der Waals surface area contributed by atoms with E-state index in [1.54, 1.807) is 0 Å². The average molecular weight is 244 g/mol. The van der Waals surface area contributed by atoms with E-state index in [4.69, 9.17) is 4.74 Å². The van der Waals surface area contributed by atoms with Gasteiger partial charge in [0.1, 0.15) is 11.3 Å². The van der Waals surface area contributed by atoms with E-state index in [2.05, 4.69) is 11.4 Å². The molecule has 0 saturated carbocycles. The second-order valence-corrected chi connectivity index (χ2v) is 4.99. The summed E-state index contributed by atoms with van der Waals surface area (Å²) in [5.41, 5.74) is 0.820. The largest absolute Gasteiger partial charge is 0.493 e. The number of hydrogen-bond donors (Lipinski definition) is 1. The van der Waals surface area contributed by atoms with Crippen molar-refractivity contribution in [3.05, 3.63) is 29.8 Å². The number of hydrogen-bond acceptors (Lipinski definition) is 3. The molecule has 3 heteroatoms. The summed E-state index contributed by atoms with van der Waals surface area (Å²) in [5.74, 6) is 0.888. The highest BCUT2D eigenvalue weighted by molar-refractivity contribution is 5.27. The molecule has 18 heavy (non-hydrogen) atoms. The highest BCUT2D eigenvalue weighted by Gasteiger charge is 2.31. The van der Waals surface area contributed by atoms with Gasteiger partial charge in [0.15, 0.2) is 0 Å². The van der Waals surface area contributed by atoms with Gasteiger partial charge in [-0.25, -0.2) is 0 Å². The topological polar surface area (TPSA) is 45.0 Å². The Balaban J connectivity index is 1.86. The lowest BCUT2D eigenvalue weighted by atomic mass is 9.87. The van der Waals surface area contributed by atoms with Gasteiger partial charge in [0.25, 0.3) is 0 Å². The smallest absolute Gasteiger partial charge is 0.119 e. The van der Waals surface area contributed by atoms with Crippen molar-refractivity contribution in [3.8, 4) is 11.8 Å². The van der Waals surface area contributed by atoms with Crippen LogP contribution in [-0.2, 0) is 0 Å². The Morgan fingerprint density at radius 3 is 3.00 bits per heavy atom. The fourth-order valence-corrected chi connectivity index (χ4v) is 2.38. The van der Waals surface area contributed by atoms with Crippen molar-refractivity contribution in [2.24, 2.45) is 0 Å². The fourth-order valence-electron chi connectivity index (χ4n) is 2.38. The quantitative estimate of drug-likeness (QED) is 0.885. The van der Waals surface area contributed by atoms with Crippen LogP contribution in [0.15, 0.2) is 24.3 Å². The first-order valence-corrected chi connectivity index (χ1v) is 6.60. The highest BCUT2D eigenvalue weighted by atomic mass is 16.5. The van der Waals surface area contributed by atoms with Crippen LogP contribution >= 0.6 is 0 Å². The van der Waals surface area contributed by atoms with E-state index < -0.39 is 0 Å². The van der Waals surface area contributed by atoms with Crippen LogP contribution in [0.25, 0.3) is 0 Å². The van der Waals surface area contributed by atoms with E-state index in [9.17, 15) is 5.26 Å². The third-order valence-electron chi connectivity index (χ3n) is 3.49. The molecule has 0 amide bonds. The van der Waals surface area contributed by atoms with Crippen molar-refractivity contribution >= 4 is 0 Å². The Morgan fingerprint density at radius 2 is 2.33 bits per heavy atom. The molecule has 3 nitrogen and oxygen atoms in total. The van der Waals surface area contributed by atoms with Crippen molar-refractivity contribution < 1.29 is 4.74 Å². The van der Waals surface area contributed by atoms with Gasteiger partial charge in [-0.15, -0.1) is 0 Å². The Morgan fingerprint density at radius 1 is 1.44 bits per heavy atom. The normalized spacial score (nSPS) is 23.3. The second kappa shape index (κ2) is 5.88. The predicted molar refractivity (Wildman–Crippen MR) is 71.5 cm³/mol. The summed E-state index contributed by atoms with van der Waals surface area (Å²) in [5, 5.41) is 12.7. The van der Waals surface area contributed by atoms with E-state index in [0.29, 0.717) is 6.61 Å². The van der Waals surface area contributed by atoms with Gasteiger partial charge in [0, 0.05) is 6.42 Å². The van der Waals surface area contributed by atoms with Crippen LogP contribution in [0.5, 0.6) is 5.75 Å². The van der Waals surface area contributed by atoms with Crippen LogP contribution in [0.2, 0.25) is 0 Å². The SMILES string of the molecule is Cc1cccc(OCCC2(C#N)CCCCN2)c1. The average Bonchev–Trinajstić information content (AvgIpc) is 2.40. The molecule has 1 N–H and O–H groups in total. The number of aryl methyl sites for hydroxylation is 1. The van der Waals surface area contributed by atoms with Gasteiger partial charge in [-0.1, -0.05) is 12.1 Å². The molecule has 1 aliphatic rings. The maximum Gasteiger partial charge on any atom is 0.119 e. The van der Waals surface area contributed by atoms with E-state index in [1.807, 2.05) is 31.2 Å². The molecule has 2 rings (SSSR count). The van der Waals surface area contributed by atoms with Crippen LogP contribution in [0.3, 0.4) is 0 Å². The molecular weight excluding hydrogens is 224 g/mol. The number of nitriles is 1. The first kappa shape index (κ1) is 12.9. The molecule has 0 bridgehead atoms. The summed E-state index contributed by atoms with van der Waals surface area (Å²) in [6.07, 6.45) is 3.98. The summed E-state index contributed by atoms with van der Waals surface area (Å²) in [6, 6.07) is 10.4. The summed E-state index contributed by atoms with van der Waals surface area (Å²) in [4.78, 5) is 0. The van der Waals surface area contributed by atoms with E-state index >= 15 is 0 Å². The standard InChI is InChI=1S/C15H20N2O/c1-13-5-4-6-14(11-13)18-10-8-15(12-16)7-2-3-9-17-15/h4-6,11,17H,2-3,7-10H2,1H3. The van der Waals surface area contributed by atoms with E-state index in [-0.39, 0.29) is 5.54 Å². The fraction of sp³-hybridized carbons (Fsp3) is 0.533. The summed E-state index contributed by atoms with van der Waals surface area (Å²) in [7, 11) is 0. The highest BCUT2D eigenvalue weighted by Crippen LogP contribution is 2.23. The first-order valence-electron chi connectivity index (χ1n) is 6.60. The lowest BCUT2D eigenvalue weighted by molar-refractivity contribution is 0.231. The van der Waals surface area contributed by atoms with Crippen molar-refractivity contribution in [1.29, 1.82) is 5.26 Å². The summed E-state index contributed by atoms with van der Waals surface area (Å²) in [6.45, 7) is 3.58. The van der Waals surface area contributed by atoms with Gasteiger partial charge in [-0.2, -0.15) is 5.26 Å². The zero-order valence-corrected chi connectivity index (χ0v) is 10.9. The molecule has 1 atom stereocenters. The predicted octanol–water partition coefficient (Wildman–Crippen LogP) is 2.80. The third-order valence-corrected chi connectivity index (χ3v) is 3.49. The molecule has 1 unspecified atom stereocenters. The molecule has 1 aromatic rings.